The van der Waals surface area contributed by atoms with Crippen LogP contribution in [0.25, 0.3) is 10.9 Å². The van der Waals surface area contributed by atoms with E-state index in [1.807, 2.05) is 6.07 Å². The number of ether oxygens (including phenoxy) is 2. The van der Waals surface area contributed by atoms with Crippen molar-refractivity contribution in [3.05, 3.63) is 58.0 Å². The molecule has 0 atom stereocenters. The zero-order valence-corrected chi connectivity index (χ0v) is 16.7. The third-order valence-electron chi connectivity index (χ3n) is 4.83. The van der Waals surface area contributed by atoms with E-state index >= 15 is 0 Å². The molecule has 0 spiro atoms. The van der Waals surface area contributed by atoms with Crippen LogP contribution in [0.15, 0.2) is 35.4 Å². The van der Waals surface area contributed by atoms with Crippen molar-refractivity contribution in [1.29, 1.82) is 0 Å². The van der Waals surface area contributed by atoms with Crippen LogP contribution in [-0.2, 0) is 11.3 Å². The van der Waals surface area contributed by atoms with Crippen LogP contribution in [0.3, 0.4) is 0 Å². The first-order valence-electron chi connectivity index (χ1n) is 9.79. The van der Waals surface area contributed by atoms with Crippen LogP contribution in [-0.4, -0.2) is 41.8 Å². The van der Waals surface area contributed by atoms with Gasteiger partial charge in [0, 0.05) is 25.5 Å². The second-order valence-corrected chi connectivity index (χ2v) is 6.76. The van der Waals surface area contributed by atoms with Gasteiger partial charge in [0.05, 0.1) is 18.5 Å². The Balaban J connectivity index is 1.71. The van der Waals surface area contributed by atoms with Crippen molar-refractivity contribution in [2.75, 3.05) is 36.9 Å². The van der Waals surface area contributed by atoms with Crippen LogP contribution in [0, 0.1) is 11.6 Å². The SMILES string of the molecule is CCOC(=O)c1cn2c3c(c(NCCNc4ccccn4)c(F)c(F)c3c1=O)OCC2. The molecule has 0 aliphatic carbocycles. The Morgan fingerprint density at radius 2 is 2.06 bits per heavy atom. The second kappa shape index (κ2) is 8.58. The number of hydrogen-bond acceptors (Lipinski definition) is 7. The number of halogens is 2. The minimum Gasteiger partial charge on any atom is -0.487 e. The van der Waals surface area contributed by atoms with E-state index in [1.165, 1.54) is 10.8 Å². The van der Waals surface area contributed by atoms with Gasteiger partial charge in [-0.15, -0.1) is 0 Å². The smallest absolute Gasteiger partial charge is 0.343 e. The second-order valence-electron chi connectivity index (χ2n) is 6.76. The Morgan fingerprint density at radius 3 is 2.81 bits per heavy atom. The highest BCUT2D eigenvalue weighted by molar-refractivity contribution is 5.98. The van der Waals surface area contributed by atoms with Crippen molar-refractivity contribution >= 4 is 28.4 Å². The average molecular weight is 430 g/mol. The first-order chi connectivity index (χ1) is 15.0. The standard InChI is InChI=1S/C21H20F2N4O4/c1-2-30-21(29)12-11-27-9-10-31-20-17(16(23)15(22)14(18(20)27)19(12)28)26-8-7-25-13-5-3-4-6-24-13/h3-6,11,26H,2,7-10H2,1H3,(H,24,25). The number of pyridine rings is 2. The van der Waals surface area contributed by atoms with Crippen molar-refractivity contribution in [2.45, 2.75) is 13.5 Å². The Kier molecular flexibility index (Phi) is 5.70. The van der Waals surface area contributed by atoms with E-state index in [0.717, 1.165) is 0 Å². The molecule has 0 bridgehead atoms. The molecular weight excluding hydrogens is 410 g/mol. The summed E-state index contributed by atoms with van der Waals surface area (Å²) in [6.45, 7) is 2.69. The van der Waals surface area contributed by atoms with Crippen molar-refractivity contribution in [1.82, 2.24) is 9.55 Å². The van der Waals surface area contributed by atoms with Gasteiger partial charge in [-0.3, -0.25) is 4.79 Å². The molecule has 4 rings (SSSR count). The van der Waals surface area contributed by atoms with Crippen molar-refractivity contribution in [3.8, 4) is 5.75 Å². The van der Waals surface area contributed by atoms with Crippen molar-refractivity contribution < 1.29 is 23.0 Å². The van der Waals surface area contributed by atoms with Gasteiger partial charge in [-0.1, -0.05) is 6.07 Å². The molecule has 3 heterocycles. The lowest BCUT2D eigenvalue weighted by molar-refractivity contribution is 0.0524. The summed E-state index contributed by atoms with van der Waals surface area (Å²) in [5.74, 6) is -2.78. The Bertz CT molecular complexity index is 1200. The highest BCUT2D eigenvalue weighted by Crippen LogP contribution is 2.39. The fourth-order valence-electron chi connectivity index (χ4n) is 3.47. The molecule has 10 heteroatoms. The number of esters is 1. The number of carbonyl (C=O) groups is 1. The normalized spacial score (nSPS) is 12.4. The first-order valence-corrected chi connectivity index (χ1v) is 9.79. The van der Waals surface area contributed by atoms with Gasteiger partial charge in [-0.2, -0.15) is 0 Å². The summed E-state index contributed by atoms with van der Waals surface area (Å²) in [5.41, 5.74) is -1.36. The zero-order chi connectivity index (χ0) is 22.0. The maximum absolute atomic E-state index is 15.0. The van der Waals surface area contributed by atoms with Gasteiger partial charge in [-0.05, 0) is 19.1 Å². The minimum atomic E-state index is -1.34. The molecule has 1 aliphatic heterocycles. The van der Waals surface area contributed by atoms with Crippen molar-refractivity contribution in [3.63, 3.8) is 0 Å². The fraction of sp³-hybridized carbons (Fsp3) is 0.286. The molecule has 1 aliphatic rings. The molecule has 1 aromatic carbocycles. The number of anilines is 2. The number of hydrogen-bond donors (Lipinski definition) is 2. The molecule has 0 saturated carbocycles. The maximum atomic E-state index is 15.0. The highest BCUT2D eigenvalue weighted by atomic mass is 19.2. The summed E-state index contributed by atoms with van der Waals surface area (Å²) in [7, 11) is 0. The molecule has 3 aromatic rings. The number of carbonyl (C=O) groups excluding carboxylic acids is 1. The van der Waals surface area contributed by atoms with Gasteiger partial charge in [0.2, 0.25) is 5.43 Å². The molecule has 31 heavy (non-hydrogen) atoms. The van der Waals surface area contributed by atoms with E-state index in [4.69, 9.17) is 9.47 Å². The lowest BCUT2D eigenvalue weighted by atomic mass is 10.1. The predicted molar refractivity (Wildman–Crippen MR) is 111 cm³/mol. The molecule has 0 amide bonds. The highest BCUT2D eigenvalue weighted by Gasteiger charge is 2.29. The minimum absolute atomic E-state index is 0.0329. The van der Waals surface area contributed by atoms with Crippen LogP contribution >= 0.6 is 0 Å². The number of rotatable bonds is 7. The fourth-order valence-corrected chi connectivity index (χ4v) is 3.47. The van der Waals surface area contributed by atoms with E-state index in [1.54, 1.807) is 25.3 Å². The summed E-state index contributed by atoms with van der Waals surface area (Å²) < 4.78 is 41.9. The summed E-state index contributed by atoms with van der Waals surface area (Å²) in [6.07, 6.45) is 2.94. The van der Waals surface area contributed by atoms with Gasteiger partial charge >= 0.3 is 5.97 Å². The topological polar surface area (TPSA) is 94.5 Å². The molecule has 0 saturated heterocycles. The van der Waals surface area contributed by atoms with Crippen LogP contribution in [0.1, 0.15) is 17.3 Å². The third-order valence-corrected chi connectivity index (χ3v) is 4.83. The van der Waals surface area contributed by atoms with Crippen LogP contribution < -0.4 is 20.8 Å². The van der Waals surface area contributed by atoms with E-state index in [0.29, 0.717) is 12.4 Å². The number of benzene rings is 1. The van der Waals surface area contributed by atoms with E-state index in [2.05, 4.69) is 15.6 Å². The summed E-state index contributed by atoms with van der Waals surface area (Å²) >= 11 is 0. The number of nitrogens with zero attached hydrogens (tertiary/aromatic N) is 2. The van der Waals surface area contributed by atoms with E-state index in [9.17, 15) is 18.4 Å². The Hall–Kier alpha value is -3.69. The molecule has 0 unspecified atom stereocenters. The zero-order valence-electron chi connectivity index (χ0n) is 16.7. The Morgan fingerprint density at radius 1 is 1.26 bits per heavy atom. The monoisotopic (exact) mass is 430 g/mol. The van der Waals surface area contributed by atoms with E-state index < -0.39 is 28.4 Å². The van der Waals surface area contributed by atoms with Crippen LogP contribution in [0.5, 0.6) is 5.75 Å². The summed E-state index contributed by atoms with van der Waals surface area (Å²) in [5, 5.41) is 5.36. The Labute approximate surface area is 175 Å². The van der Waals surface area contributed by atoms with E-state index in [-0.39, 0.29) is 48.8 Å². The largest absolute Gasteiger partial charge is 0.487 e. The molecule has 8 nitrogen and oxygen atoms in total. The lowest BCUT2D eigenvalue weighted by Crippen LogP contribution is -2.27. The van der Waals surface area contributed by atoms with Gasteiger partial charge in [0.15, 0.2) is 17.4 Å². The summed E-state index contributed by atoms with van der Waals surface area (Å²) in [6, 6.07) is 5.39. The van der Waals surface area contributed by atoms with Crippen molar-refractivity contribution in [2.24, 2.45) is 0 Å². The molecule has 2 N–H and O–H groups in total. The maximum Gasteiger partial charge on any atom is 0.343 e. The molecule has 2 aromatic heterocycles. The first kappa shape index (κ1) is 20.6. The average Bonchev–Trinajstić information content (AvgIpc) is 2.78. The van der Waals surface area contributed by atoms with Gasteiger partial charge in [-0.25, -0.2) is 18.6 Å². The molecular formula is C21H20F2N4O4. The van der Waals surface area contributed by atoms with Crippen LogP contribution in [0.4, 0.5) is 20.3 Å². The van der Waals surface area contributed by atoms with Crippen LogP contribution in [0.2, 0.25) is 0 Å². The van der Waals surface area contributed by atoms with Gasteiger partial charge < -0.3 is 24.7 Å². The third kappa shape index (κ3) is 3.76. The van der Waals surface area contributed by atoms with Gasteiger partial charge in [0.25, 0.3) is 0 Å². The molecule has 0 radical (unpaired) electrons. The molecule has 162 valence electrons. The number of aromatic nitrogens is 2. The lowest BCUT2D eigenvalue weighted by Gasteiger charge is -2.25. The summed E-state index contributed by atoms with van der Waals surface area (Å²) in [4.78, 5) is 29.0. The van der Waals surface area contributed by atoms with Gasteiger partial charge in [0.1, 0.15) is 29.2 Å². The predicted octanol–water partition coefficient (Wildman–Crippen LogP) is 2.77. The molecule has 0 fully saturated rings. The quantitative estimate of drug-likeness (QED) is 0.440. The number of nitrogens with one attached hydrogen (secondary N) is 2.